The van der Waals surface area contributed by atoms with Crippen LogP contribution in [-0.4, -0.2) is 19.2 Å². The third-order valence-corrected chi connectivity index (χ3v) is 2.92. The van der Waals surface area contributed by atoms with Gasteiger partial charge in [-0.25, -0.2) is 4.98 Å². The molecule has 0 saturated carbocycles. The maximum Gasteiger partial charge on any atom is 0.239 e. The van der Waals surface area contributed by atoms with Crippen LogP contribution in [0.5, 0.6) is 23.1 Å². The molecule has 6 heteroatoms. The normalized spacial score (nSPS) is 9.70. The van der Waals surface area contributed by atoms with Crippen LogP contribution >= 0.6 is 11.6 Å². The van der Waals surface area contributed by atoms with Crippen LogP contribution in [-0.2, 0) is 0 Å². The highest BCUT2D eigenvalue weighted by Gasteiger charge is 2.16. The highest BCUT2D eigenvalue weighted by molar-refractivity contribution is 6.33. The van der Waals surface area contributed by atoms with E-state index in [1.54, 1.807) is 18.2 Å². The van der Waals surface area contributed by atoms with Gasteiger partial charge in [-0.1, -0.05) is 17.7 Å². The van der Waals surface area contributed by atoms with Crippen molar-refractivity contribution in [2.75, 3.05) is 14.2 Å². The average Bonchev–Trinajstić information content (AvgIpc) is 2.49. The lowest BCUT2D eigenvalue weighted by Gasteiger charge is -2.13. The van der Waals surface area contributed by atoms with Crippen LogP contribution in [0.2, 0.25) is 5.02 Å². The Balaban J connectivity index is 2.48. The van der Waals surface area contributed by atoms with Crippen LogP contribution < -0.4 is 14.2 Å². The van der Waals surface area contributed by atoms with E-state index in [1.807, 2.05) is 6.07 Å². The van der Waals surface area contributed by atoms with Crippen LogP contribution in [0.4, 0.5) is 0 Å². The molecule has 1 aromatic carbocycles. The molecule has 0 N–H and O–H groups in total. The molecule has 102 valence electrons. The molecule has 0 aliphatic heterocycles. The molecule has 0 spiro atoms. The summed E-state index contributed by atoms with van der Waals surface area (Å²) in [5.41, 5.74) is 0.283. The SMILES string of the molecule is COc1cccc(OC)c1Oc1nccc(C#N)c1Cl. The Morgan fingerprint density at radius 2 is 1.80 bits per heavy atom. The number of hydrogen-bond acceptors (Lipinski definition) is 5. The molecule has 0 radical (unpaired) electrons. The van der Waals surface area contributed by atoms with Gasteiger partial charge >= 0.3 is 0 Å². The fourth-order valence-corrected chi connectivity index (χ4v) is 1.79. The first-order valence-electron chi connectivity index (χ1n) is 5.64. The van der Waals surface area contributed by atoms with E-state index in [-0.39, 0.29) is 16.5 Å². The van der Waals surface area contributed by atoms with Gasteiger partial charge in [-0.3, -0.25) is 0 Å². The standard InChI is InChI=1S/C14H11ClN2O3/c1-18-10-4-3-5-11(19-2)13(10)20-14-12(15)9(8-16)6-7-17-14/h3-7H,1-2H3. The number of hydrogen-bond donors (Lipinski definition) is 0. The first-order valence-corrected chi connectivity index (χ1v) is 6.02. The predicted octanol–water partition coefficient (Wildman–Crippen LogP) is 3.42. The van der Waals surface area contributed by atoms with E-state index in [0.717, 1.165) is 0 Å². The monoisotopic (exact) mass is 290 g/mol. The molecule has 0 bridgehead atoms. The Bertz CT molecular complexity index is 646. The van der Waals surface area contributed by atoms with Gasteiger partial charge in [0.15, 0.2) is 11.5 Å². The zero-order chi connectivity index (χ0) is 14.5. The smallest absolute Gasteiger partial charge is 0.239 e. The number of rotatable bonds is 4. The van der Waals surface area contributed by atoms with E-state index < -0.39 is 0 Å². The highest BCUT2D eigenvalue weighted by atomic mass is 35.5. The molecule has 0 fully saturated rings. The van der Waals surface area contributed by atoms with Gasteiger partial charge in [0.2, 0.25) is 11.6 Å². The Labute approximate surface area is 121 Å². The first-order chi connectivity index (χ1) is 9.71. The number of methoxy groups -OCH3 is 2. The second-order valence-electron chi connectivity index (χ2n) is 3.68. The minimum Gasteiger partial charge on any atom is -0.493 e. The Kier molecular flexibility index (Phi) is 4.28. The van der Waals surface area contributed by atoms with Gasteiger partial charge in [-0.05, 0) is 18.2 Å². The van der Waals surface area contributed by atoms with Gasteiger partial charge in [0.25, 0.3) is 0 Å². The molecule has 20 heavy (non-hydrogen) atoms. The first kappa shape index (κ1) is 14.0. The van der Waals surface area contributed by atoms with Crippen molar-refractivity contribution in [2.45, 2.75) is 0 Å². The minimum absolute atomic E-state index is 0.119. The maximum atomic E-state index is 8.94. The van der Waals surface area contributed by atoms with E-state index >= 15 is 0 Å². The van der Waals surface area contributed by atoms with E-state index in [9.17, 15) is 0 Å². The van der Waals surface area contributed by atoms with Crippen molar-refractivity contribution >= 4 is 11.6 Å². The lowest BCUT2D eigenvalue weighted by molar-refractivity contribution is 0.342. The van der Waals surface area contributed by atoms with Gasteiger partial charge in [0.1, 0.15) is 11.1 Å². The fraction of sp³-hybridized carbons (Fsp3) is 0.143. The largest absolute Gasteiger partial charge is 0.493 e. The minimum atomic E-state index is 0.119. The molecule has 2 aromatic rings. The average molecular weight is 291 g/mol. The molecule has 0 aliphatic rings. The summed E-state index contributed by atoms with van der Waals surface area (Å²) < 4.78 is 16.1. The number of pyridine rings is 1. The van der Waals surface area contributed by atoms with Gasteiger partial charge in [0, 0.05) is 6.20 Å². The summed E-state index contributed by atoms with van der Waals surface area (Å²) in [5, 5.41) is 9.08. The fourth-order valence-electron chi connectivity index (χ4n) is 1.60. The van der Waals surface area contributed by atoms with Crippen molar-refractivity contribution in [3.63, 3.8) is 0 Å². The summed E-state index contributed by atoms with van der Waals surface area (Å²) >= 11 is 6.06. The second kappa shape index (κ2) is 6.13. The van der Waals surface area contributed by atoms with Crippen LogP contribution in [0.1, 0.15) is 5.56 Å². The summed E-state index contributed by atoms with van der Waals surface area (Å²) in [5.74, 6) is 1.42. The second-order valence-corrected chi connectivity index (χ2v) is 4.06. The van der Waals surface area contributed by atoms with Crippen molar-refractivity contribution in [3.8, 4) is 29.2 Å². The summed E-state index contributed by atoms with van der Waals surface area (Å²) in [7, 11) is 3.03. The third-order valence-electron chi connectivity index (χ3n) is 2.56. The summed E-state index contributed by atoms with van der Waals surface area (Å²) in [6.45, 7) is 0. The molecule has 0 unspecified atom stereocenters. The predicted molar refractivity (Wildman–Crippen MR) is 73.6 cm³/mol. The van der Waals surface area contributed by atoms with E-state index in [0.29, 0.717) is 17.2 Å². The lowest BCUT2D eigenvalue weighted by Crippen LogP contribution is -1.96. The van der Waals surface area contributed by atoms with Gasteiger partial charge < -0.3 is 14.2 Å². The van der Waals surface area contributed by atoms with Crippen molar-refractivity contribution in [3.05, 3.63) is 41.0 Å². The Hall–Kier alpha value is -2.45. The topological polar surface area (TPSA) is 64.4 Å². The number of ether oxygens (including phenoxy) is 3. The van der Waals surface area contributed by atoms with E-state index in [4.69, 9.17) is 31.1 Å². The number of para-hydroxylation sites is 1. The molecule has 1 heterocycles. The molecular weight excluding hydrogens is 280 g/mol. The zero-order valence-electron chi connectivity index (χ0n) is 10.9. The Morgan fingerprint density at radius 1 is 1.15 bits per heavy atom. The number of nitriles is 1. The maximum absolute atomic E-state index is 8.94. The van der Waals surface area contributed by atoms with Gasteiger partial charge in [0.05, 0.1) is 19.8 Å². The molecule has 1 aromatic heterocycles. The van der Waals surface area contributed by atoms with Crippen molar-refractivity contribution in [1.29, 1.82) is 5.26 Å². The molecule has 0 atom stereocenters. The number of nitrogens with zero attached hydrogens (tertiary/aromatic N) is 2. The van der Waals surface area contributed by atoms with Gasteiger partial charge in [-0.15, -0.1) is 0 Å². The molecule has 0 aliphatic carbocycles. The van der Waals surface area contributed by atoms with Crippen LogP contribution in [0.15, 0.2) is 30.5 Å². The summed E-state index contributed by atoms with van der Waals surface area (Å²) in [6, 6.07) is 8.69. The third kappa shape index (κ3) is 2.60. The zero-order valence-corrected chi connectivity index (χ0v) is 11.6. The van der Waals surface area contributed by atoms with E-state index in [1.165, 1.54) is 26.5 Å². The van der Waals surface area contributed by atoms with Crippen molar-refractivity contribution in [1.82, 2.24) is 4.98 Å². The highest BCUT2D eigenvalue weighted by Crippen LogP contribution is 2.41. The van der Waals surface area contributed by atoms with Crippen LogP contribution in [0.3, 0.4) is 0 Å². The summed E-state index contributed by atoms with van der Waals surface area (Å²) in [4.78, 5) is 4.02. The number of benzene rings is 1. The molecule has 2 rings (SSSR count). The van der Waals surface area contributed by atoms with Crippen molar-refractivity contribution < 1.29 is 14.2 Å². The molecule has 0 saturated heterocycles. The molecular formula is C14H11ClN2O3. The van der Waals surface area contributed by atoms with Crippen molar-refractivity contribution in [2.24, 2.45) is 0 Å². The van der Waals surface area contributed by atoms with E-state index in [2.05, 4.69) is 4.98 Å². The quantitative estimate of drug-likeness (QED) is 0.863. The van der Waals surface area contributed by atoms with Gasteiger partial charge in [-0.2, -0.15) is 5.26 Å². The number of aromatic nitrogens is 1. The lowest BCUT2D eigenvalue weighted by atomic mass is 10.3. The summed E-state index contributed by atoms with van der Waals surface area (Å²) in [6.07, 6.45) is 1.45. The molecule has 0 amide bonds. The van der Waals surface area contributed by atoms with Crippen LogP contribution in [0.25, 0.3) is 0 Å². The number of halogens is 1. The Morgan fingerprint density at radius 3 is 2.35 bits per heavy atom. The van der Waals surface area contributed by atoms with Crippen LogP contribution in [0, 0.1) is 11.3 Å². The molecule has 5 nitrogen and oxygen atoms in total.